The van der Waals surface area contributed by atoms with E-state index in [0.717, 1.165) is 31.5 Å². The summed E-state index contributed by atoms with van der Waals surface area (Å²) < 4.78 is 5.53. The molecule has 0 aromatic carbocycles. The van der Waals surface area contributed by atoms with Gasteiger partial charge in [0.15, 0.2) is 0 Å². The van der Waals surface area contributed by atoms with Gasteiger partial charge in [0.2, 0.25) is 0 Å². The Labute approximate surface area is 88.4 Å². The molecular weight excluding hydrogens is 174 g/mol. The quantitative estimate of drug-likeness (QED) is 0.709. The first kappa shape index (κ1) is 12.0. The molecule has 2 heteroatoms. The molecule has 1 aliphatic rings. The second-order valence-corrected chi connectivity index (χ2v) is 4.68. The fraction of sp³-hybridized carbons (Fsp3) is 1.00. The minimum atomic E-state index is 0.462. The third kappa shape index (κ3) is 3.97. The molecule has 0 bridgehead atoms. The van der Waals surface area contributed by atoms with Crippen LogP contribution in [0.4, 0.5) is 0 Å². The minimum Gasteiger partial charge on any atom is -0.378 e. The standard InChI is InChI=1S/C12H25NO/c1-4-5-10(2)8-13-9-12-6-7-14-11(12)3/h10-13H,4-9H2,1-3H3. The van der Waals surface area contributed by atoms with Crippen molar-refractivity contribution < 1.29 is 4.74 Å². The van der Waals surface area contributed by atoms with Gasteiger partial charge in [-0.1, -0.05) is 20.3 Å². The largest absolute Gasteiger partial charge is 0.378 e. The summed E-state index contributed by atoms with van der Waals surface area (Å²) in [7, 11) is 0. The van der Waals surface area contributed by atoms with Crippen LogP contribution in [-0.4, -0.2) is 25.8 Å². The lowest BCUT2D eigenvalue weighted by Gasteiger charge is -2.17. The Morgan fingerprint density at radius 2 is 2.29 bits per heavy atom. The van der Waals surface area contributed by atoms with Crippen molar-refractivity contribution in [2.45, 2.75) is 46.1 Å². The summed E-state index contributed by atoms with van der Waals surface area (Å²) in [6.45, 7) is 10.0. The zero-order chi connectivity index (χ0) is 10.4. The molecule has 1 saturated heterocycles. The van der Waals surface area contributed by atoms with E-state index >= 15 is 0 Å². The van der Waals surface area contributed by atoms with Gasteiger partial charge in [-0.05, 0) is 38.1 Å². The first-order chi connectivity index (χ1) is 6.74. The highest BCUT2D eigenvalue weighted by Gasteiger charge is 2.23. The number of nitrogens with one attached hydrogen (secondary N) is 1. The van der Waals surface area contributed by atoms with Crippen LogP contribution in [0.5, 0.6) is 0 Å². The fourth-order valence-electron chi connectivity index (χ4n) is 2.15. The molecular formula is C12H25NO. The number of rotatable bonds is 6. The molecule has 1 aliphatic heterocycles. The summed E-state index contributed by atoms with van der Waals surface area (Å²) in [6, 6.07) is 0. The van der Waals surface area contributed by atoms with Crippen molar-refractivity contribution in [1.29, 1.82) is 0 Å². The van der Waals surface area contributed by atoms with E-state index in [1.165, 1.54) is 19.3 Å². The highest BCUT2D eigenvalue weighted by Crippen LogP contribution is 2.19. The third-order valence-corrected chi connectivity index (χ3v) is 3.21. The van der Waals surface area contributed by atoms with E-state index in [4.69, 9.17) is 4.74 Å². The lowest BCUT2D eigenvalue weighted by atomic mass is 10.0. The predicted octanol–water partition coefficient (Wildman–Crippen LogP) is 2.44. The minimum absolute atomic E-state index is 0.462. The predicted molar refractivity (Wildman–Crippen MR) is 60.5 cm³/mol. The van der Waals surface area contributed by atoms with Crippen molar-refractivity contribution in [2.24, 2.45) is 11.8 Å². The van der Waals surface area contributed by atoms with Gasteiger partial charge in [-0.15, -0.1) is 0 Å². The Kier molecular flexibility index (Phi) is 5.49. The van der Waals surface area contributed by atoms with E-state index in [1.807, 2.05) is 0 Å². The van der Waals surface area contributed by atoms with Crippen molar-refractivity contribution in [3.8, 4) is 0 Å². The van der Waals surface area contributed by atoms with Gasteiger partial charge in [-0.25, -0.2) is 0 Å². The molecule has 3 atom stereocenters. The lowest BCUT2D eigenvalue weighted by molar-refractivity contribution is 0.105. The monoisotopic (exact) mass is 199 g/mol. The summed E-state index contributed by atoms with van der Waals surface area (Å²) in [4.78, 5) is 0. The Morgan fingerprint density at radius 1 is 1.50 bits per heavy atom. The number of hydrogen-bond acceptors (Lipinski definition) is 2. The van der Waals surface area contributed by atoms with Crippen LogP contribution >= 0.6 is 0 Å². The maximum absolute atomic E-state index is 5.53. The van der Waals surface area contributed by atoms with Gasteiger partial charge >= 0.3 is 0 Å². The summed E-state index contributed by atoms with van der Waals surface area (Å²) in [5.74, 6) is 1.56. The number of hydrogen-bond donors (Lipinski definition) is 1. The van der Waals surface area contributed by atoms with Gasteiger partial charge in [-0.3, -0.25) is 0 Å². The molecule has 0 spiro atoms. The van der Waals surface area contributed by atoms with E-state index in [0.29, 0.717) is 6.10 Å². The Hall–Kier alpha value is -0.0800. The number of ether oxygens (including phenoxy) is 1. The maximum Gasteiger partial charge on any atom is 0.0588 e. The average Bonchev–Trinajstić information content (AvgIpc) is 2.52. The first-order valence-electron chi connectivity index (χ1n) is 6.06. The van der Waals surface area contributed by atoms with Crippen LogP contribution < -0.4 is 5.32 Å². The zero-order valence-corrected chi connectivity index (χ0v) is 9.88. The molecule has 1 rings (SSSR count). The Morgan fingerprint density at radius 3 is 2.86 bits per heavy atom. The van der Waals surface area contributed by atoms with Gasteiger partial charge in [0.05, 0.1) is 6.10 Å². The summed E-state index contributed by atoms with van der Waals surface area (Å²) in [5.41, 5.74) is 0. The van der Waals surface area contributed by atoms with Crippen LogP contribution in [0.15, 0.2) is 0 Å². The smallest absolute Gasteiger partial charge is 0.0588 e. The Balaban J connectivity index is 2.03. The molecule has 14 heavy (non-hydrogen) atoms. The zero-order valence-electron chi connectivity index (χ0n) is 9.88. The summed E-state index contributed by atoms with van der Waals surface area (Å²) in [6.07, 6.45) is 4.33. The third-order valence-electron chi connectivity index (χ3n) is 3.21. The fourth-order valence-corrected chi connectivity index (χ4v) is 2.15. The second kappa shape index (κ2) is 6.41. The first-order valence-corrected chi connectivity index (χ1v) is 6.06. The van der Waals surface area contributed by atoms with Gasteiger partial charge in [0, 0.05) is 13.2 Å². The van der Waals surface area contributed by atoms with E-state index in [-0.39, 0.29) is 0 Å². The van der Waals surface area contributed by atoms with Gasteiger partial charge in [0.1, 0.15) is 0 Å². The molecule has 1 fully saturated rings. The van der Waals surface area contributed by atoms with Gasteiger partial charge in [0.25, 0.3) is 0 Å². The molecule has 2 nitrogen and oxygen atoms in total. The molecule has 0 aromatic rings. The van der Waals surface area contributed by atoms with Crippen molar-refractivity contribution in [1.82, 2.24) is 5.32 Å². The lowest BCUT2D eigenvalue weighted by Crippen LogP contribution is -2.30. The summed E-state index contributed by atoms with van der Waals surface area (Å²) in [5, 5.41) is 3.56. The average molecular weight is 199 g/mol. The Bertz CT molecular complexity index is 149. The molecule has 0 saturated carbocycles. The van der Waals surface area contributed by atoms with Crippen LogP contribution in [0.25, 0.3) is 0 Å². The molecule has 1 N–H and O–H groups in total. The van der Waals surface area contributed by atoms with Crippen molar-refractivity contribution >= 4 is 0 Å². The molecule has 0 aliphatic carbocycles. The molecule has 0 amide bonds. The SMILES string of the molecule is CCCC(C)CNCC1CCOC1C. The van der Waals surface area contributed by atoms with Gasteiger partial charge in [-0.2, -0.15) is 0 Å². The van der Waals surface area contributed by atoms with E-state index < -0.39 is 0 Å². The molecule has 84 valence electrons. The van der Waals surface area contributed by atoms with Crippen LogP contribution in [0.3, 0.4) is 0 Å². The molecule has 3 unspecified atom stereocenters. The molecule has 0 radical (unpaired) electrons. The van der Waals surface area contributed by atoms with Crippen molar-refractivity contribution in [2.75, 3.05) is 19.7 Å². The summed E-state index contributed by atoms with van der Waals surface area (Å²) >= 11 is 0. The van der Waals surface area contributed by atoms with E-state index in [2.05, 4.69) is 26.1 Å². The highest BCUT2D eigenvalue weighted by molar-refractivity contribution is 4.74. The van der Waals surface area contributed by atoms with E-state index in [1.54, 1.807) is 0 Å². The topological polar surface area (TPSA) is 21.3 Å². The van der Waals surface area contributed by atoms with Gasteiger partial charge < -0.3 is 10.1 Å². The van der Waals surface area contributed by atoms with Crippen LogP contribution in [-0.2, 0) is 4.74 Å². The molecule has 1 heterocycles. The molecule has 0 aromatic heterocycles. The normalized spacial score (nSPS) is 29.4. The van der Waals surface area contributed by atoms with E-state index in [9.17, 15) is 0 Å². The highest BCUT2D eigenvalue weighted by atomic mass is 16.5. The van der Waals surface area contributed by atoms with Crippen molar-refractivity contribution in [3.63, 3.8) is 0 Å². The maximum atomic E-state index is 5.53. The second-order valence-electron chi connectivity index (χ2n) is 4.68. The van der Waals surface area contributed by atoms with Crippen molar-refractivity contribution in [3.05, 3.63) is 0 Å². The van der Waals surface area contributed by atoms with Crippen LogP contribution in [0.2, 0.25) is 0 Å². The van der Waals surface area contributed by atoms with Crippen LogP contribution in [0.1, 0.15) is 40.0 Å². The van der Waals surface area contributed by atoms with Crippen LogP contribution in [0, 0.1) is 11.8 Å².